The molecule has 0 radical (unpaired) electrons. The predicted octanol–water partition coefficient (Wildman–Crippen LogP) is 2.00. The summed E-state index contributed by atoms with van der Waals surface area (Å²) in [6, 6.07) is 5.65. The molecule has 1 atom stereocenters. The van der Waals surface area contributed by atoms with Crippen molar-refractivity contribution in [3.05, 3.63) is 34.7 Å². The van der Waals surface area contributed by atoms with E-state index in [0.717, 1.165) is 10.6 Å². The molecule has 0 saturated carbocycles. The van der Waals surface area contributed by atoms with Gasteiger partial charge >= 0.3 is 0 Å². The zero-order valence-electron chi connectivity index (χ0n) is 11.2. The van der Waals surface area contributed by atoms with Gasteiger partial charge in [-0.15, -0.1) is 11.3 Å². The van der Waals surface area contributed by atoms with Gasteiger partial charge in [-0.2, -0.15) is 5.10 Å². The second kappa shape index (κ2) is 4.75. The Bertz CT molecular complexity index is 662. The van der Waals surface area contributed by atoms with E-state index < -0.39 is 5.60 Å². The van der Waals surface area contributed by atoms with Gasteiger partial charge in [0.1, 0.15) is 5.71 Å². The summed E-state index contributed by atoms with van der Waals surface area (Å²) in [6.45, 7) is 1.73. The molecule has 1 N–H and O–H groups in total. The maximum absolute atomic E-state index is 12.3. The molecule has 0 spiro atoms. The fraction of sp³-hybridized carbons (Fsp3) is 0.308. The van der Waals surface area contributed by atoms with E-state index in [1.54, 1.807) is 42.3 Å². The van der Waals surface area contributed by atoms with Crippen LogP contribution < -0.4 is 5.32 Å². The zero-order chi connectivity index (χ0) is 14.2. The Kier molecular flexibility index (Phi) is 3.06. The van der Waals surface area contributed by atoms with E-state index in [2.05, 4.69) is 15.6 Å². The summed E-state index contributed by atoms with van der Waals surface area (Å²) < 4.78 is 1.63. The fourth-order valence-electron chi connectivity index (χ4n) is 1.97. The highest BCUT2D eigenvalue weighted by molar-refractivity contribution is 7.12. The lowest BCUT2D eigenvalue weighted by molar-refractivity contribution is -0.135. The molecule has 1 amide bonds. The Hall–Kier alpha value is -2.15. The summed E-state index contributed by atoms with van der Waals surface area (Å²) >= 11 is 1.58. The number of oxime groups is 1. The maximum Gasteiger partial charge on any atom is 0.272 e. The summed E-state index contributed by atoms with van der Waals surface area (Å²) in [5.74, 6) is 0.262. The molecule has 2 aromatic heterocycles. The smallest absolute Gasteiger partial charge is 0.272 e. The van der Waals surface area contributed by atoms with Crippen molar-refractivity contribution in [2.24, 2.45) is 12.2 Å². The highest BCUT2D eigenvalue weighted by atomic mass is 32.1. The first-order valence-electron chi connectivity index (χ1n) is 6.17. The van der Waals surface area contributed by atoms with Crippen LogP contribution in [0, 0.1) is 0 Å². The Morgan fingerprint density at radius 3 is 3.05 bits per heavy atom. The summed E-state index contributed by atoms with van der Waals surface area (Å²) in [4.78, 5) is 18.7. The number of aromatic nitrogens is 2. The second-order valence-electron chi connectivity index (χ2n) is 4.84. The molecule has 1 aliphatic heterocycles. The van der Waals surface area contributed by atoms with Crippen molar-refractivity contribution in [3.8, 4) is 0 Å². The molecule has 0 bridgehead atoms. The number of anilines is 1. The highest BCUT2D eigenvalue weighted by Gasteiger charge is 2.42. The van der Waals surface area contributed by atoms with E-state index in [4.69, 9.17) is 4.84 Å². The highest BCUT2D eigenvalue weighted by Crippen LogP contribution is 2.29. The molecule has 0 fully saturated rings. The molecule has 0 saturated heterocycles. The second-order valence-corrected chi connectivity index (χ2v) is 5.79. The van der Waals surface area contributed by atoms with E-state index in [0.29, 0.717) is 12.2 Å². The monoisotopic (exact) mass is 290 g/mol. The van der Waals surface area contributed by atoms with Gasteiger partial charge in [0, 0.05) is 25.7 Å². The van der Waals surface area contributed by atoms with Gasteiger partial charge in [-0.3, -0.25) is 9.48 Å². The average Bonchev–Trinajstić information content (AvgIpc) is 3.10. The third-order valence-corrected chi connectivity index (χ3v) is 4.02. The Labute approximate surface area is 120 Å². The minimum atomic E-state index is -0.989. The van der Waals surface area contributed by atoms with Crippen LogP contribution in [0.25, 0.3) is 0 Å². The Morgan fingerprint density at radius 2 is 2.40 bits per heavy atom. The van der Waals surface area contributed by atoms with E-state index in [9.17, 15) is 4.79 Å². The van der Waals surface area contributed by atoms with Crippen LogP contribution in [-0.4, -0.2) is 27.0 Å². The third-order valence-electron chi connectivity index (χ3n) is 3.10. The van der Waals surface area contributed by atoms with Gasteiger partial charge in [0.25, 0.3) is 5.91 Å². The van der Waals surface area contributed by atoms with Crippen molar-refractivity contribution in [1.29, 1.82) is 0 Å². The molecule has 3 heterocycles. The largest absolute Gasteiger partial charge is 0.379 e. The molecule has 2 aromatic rings. The number of thiophene rings is 1. The molecule has 7 heteroatoms. The number of nitrogens with one attached hydrogen (secondary N) is 1. The van der Waals surface area contributed by atoms with Gasteiger partial charge in [-0.05, 0) is 18.4 Å². The van der Waals surface area contributed by atoms with E-state index in [1.807, 2.05) is 17.5 Å². The minimum absolute atomic E-state index is 0.244. The van der Waals surface area contributed by atoms with Gasteiger partial charge in [0.15, 0.2) is 5.82 Å². The number of aryl methyl sites for hydroxylation is 1. The number of hydrogen-bond donors (Lipinski definition) is 1. The lowest BCUT2D eigenvalue weighted by atomic mass is 9.98. The zero-order valence-corrected chi connectivity index (χ0v) is 12.0. The number of carbonyl (C=O) groups excluding carboxylic acids is 1. The summed E-state index contributed by atoms with van der Waals surface area (Å²) in [7, 11) is 1.79. The molecular weight excluding hydrogens is 276 g/mol. The first kappa shape index (κ1) is 12.9. The van der Waals surface area contributed by atoms with Gasteiger partial charge in [-0.25, -0.2) is 0 Å². The predicted molar refractivity (Wildman–Crippen MR) is 76.8 cm³/mol. The van der Waals surface area contributed by atoms with E-state index in [-0.39, 0.29) is 5.91 Å². The molecule has 1 aliphatic rings. The molecule has 1 unspecified atom stereocenters. The summed E-state index contributed by atoms with van der Waals surface area (Å²) in [5.41, 5.74) is -0.185. The lowest BCUT2D eigenvalue weighted by Crippen LogP contribution is -2.40. The van der Waals surface area contributed by atoms with Gasteiger partial charge in [0.2, 0.25) is 5.60 Å². The van der Waals surface area contributed by atoms with Crippen molar-refractivity contribution in [2.75, 3.05) is 5.32 Å². The van der Waals surface area contributed by atoms with Gasteiger partial charge in [-0.1, -0.05) is 11.2 Å². The van der Waals surface area contributed by atoms with Crippen molar-refractivity contribution in [3.63, 3.8) is 0 Å². The van der Waals surface area contributed by atoms with Crippen molar-refractivity contribution in [1.82, 2.24) is 9.78 Å². The molecule has 0 aromatic carbocycles. The standard InChI is InChI=1S/C13H14N4O2S/c1-13(12(18)14-11-5-6-17(2)15-11)8-9(16-19-13)10-4-3-7-20-10/h3-7H,8H2,1-2H3,(H,14,15,18). The third kappa shape index (κ3) is 2.32. The Morgan fingerprint density at radius 1 is 1.55 bits per heavy atom. The average molecular weight is 290 g/mol. The lowest BCUT2D eigenvalue weighted by Gasteiger charge is -2.19. The van der Waals surface area contributed by atoms with Crippen molar-refractivity contribution in [2.45, 2.75) is 18.9 Å². The molecule has 6 nitrogen and oxygen atoms in total. The summed E-state index contributed by atoms with van der Waals surface area (Å²) in [6.07, 6.45) is 2.22. The number of amides is 1. The molecule has 20 heavy (non-hydrogen) atoms. The van der Waals surface area contributed by atoms with E-state index in [1.165, 1.54) is 0 Å². The van der Waals surface area contributed by atoms with Crippen LogP contribution in [-0.2, 0) is 16.7 Å². The SMILES string of the molecule is Cn1ccc(NC(=O)C2(C)CC(c3cccs3)=NO2)n1. The van der Waals surface area contributed by atoms with Crippen LogP contribution in [0.15, 0.2) is 34.9 Å². The molecule has 104 valence electrons. The summed E-state index contributed by atoms with van der Waals surface area (Å²) in [5, 5.41) is 12.9. The number of carbonyl (C=O) groups is 1. The van der Waals surface area contributed by atoms with Crippen LogP contribution in [0.3, 0.4) is 0 Å². The van der Waals surface area contributed by atoms with Crippen LogP contribution in [0.5, 0.6) is 0 Å². The number of hydrogen-bond acceptors (Lipinski definition) is 5. The van der Waals surface area contributed by atoms with E-state index >= 15 is 0 Å². The van der Waals surface area contributed by atoms with Gasteiger partial charge < -0.3 is 10.2 Å². The number of nitrogens with zero attached hydrogens (tertiary/aromatic N) is 3. The molecule has 0 aliphatic carbocycles. The van der Waals surface area contributed by atoms with Crippen LogP contribution >= 0.6 is 11.3 Å². The minimum Gasteiger partial charge on any atom is -0.379 e. The first-order valence-corrected chi connectivity index (χ1v) is 7.05. The molecular formula is C13H14N4O2S. The van der Waals surface area contributed by atoms with Gasteiger partial charge in [0.05, 0.1) is 4.88 Å². The maximum atomic E-state index is 12.3. The van der Waals surface area contributed by atoms with Crippen LogP contribution in [0.2, 0.25) is 0 Å². The van der Waals surface area contributed by atoms with Crippen LogP contribution in [0.1, 0.15) is 18.2 Å². The first-order chi connectivity index (χ1) is 9.57. The van der Waals surface area contributed by atoms with Crippen LogP contribution in [0.4, 0.5) is 5.82 Å². The molecule has 3 rings (SSSR count). The topological polar surface area (TPSA) is 68.5 Å². The fourth-order valence-corrected chi connectivity index (χ4v) is 2.67. The van der Waals surface area contributed by atoms with Crippen molar-refractivity contribution < 1.29 is 9.63 Å². The Balaban J connectivity index is 1.70. The normalized spacial score (nSPS) is 21.4. The van der Waals surface area contributed by atoms with Crippen molar-refractivity contribution >= 4 is 28.8 Å². The quantitative estimate of drug-likeness (QED) is 0.940. The number of rotatable bonds is 3.